The number of halogens is 2. The second kappa shape index (κ2) is 9.16. The van der Waals surface area contributed by atoms with Crippen molar-refractivity contribution in [3.8, 4) is 0 Å². The van der Waals surface area contributed by atoms with Crippen LogP contribution in [0.4, 0.5) is 0 Å². The van der Waals surface area contributed by atoms with Crippen molar-refractivity contribution in [2.75, 3.05) is 11.5 Å². The molecular weight excluding hydrogens is 488 g/mol. The van der Waals surface area contributed by atoms with Gasteiger partial charge in [-0.3, -0.25) is 10.8 Å². The van der Waals surface area contributed by atoms with Gasteiger partial charge in [0.1, 0.15) is 11.5 Å². The molecule has 0 saturated heterocycles. The van der Waals surface area contributed by atoms with Gasteiger partial charge >= 0.3 is 0 Å². The summed E-state index contributed by atoms with van der Waals surface area (Å²) in [6, 6.07) is 0. The maximum Gasteiger partial charge on any atom is 0.151 e. The average molecular weight is 508 g/mol. The number of rotatable bonds is 4. The minimum Gasteiger partial charge on any atom is -0.463 e. The molecule has 0 amide bonds. The Morgan fingerprint density at radius 3 is 2.44 bits per heavy atom. The fraction of sp³-hybridized carbons (Fsp3) is 0.250. The molecule has 1 heterocycles. The minimum absolute atomic E-state index is 0. The molecule has 1 atom stereocenters. The van der Waals surface area contributed by atoms with Gasteiger partial charge in [0, 0.05) is 16.9 Å². The molecular formula is C16H20Br2N4OS2. The summed E-state index contributed by atoms with van der Waals surface area (Å²) in [5.74, 6) is 2.93. The molecule has 0 fully saturated rings. The Kier molecular flexibility index (Phi) is 8.11. The van der Waals surface area contributed by atoms with Crippen molar-refractivity contribution in [3.63, 3.8) is 0 Å². The van der Waals surface area contributed by atoms with Gasteiger partial charge in [-0.25, -0.2) is 0 Å². The van der Waals surface area contributed by atoms with Gasteiger partial charge < -0.3 is 16.2 Å². The topological polar surface area (TPSA) is 109 Å². The van der Waals surface area contributed by atoms with Crippen molar-refractivity contribution < 1.29 is 4.74 Å². The number of allylic oxidation sites excluding steroid dienone is 6. The van der Waals surface area contributed by atoms with E-state index in [1.807, 2.05) is 12.2 Å². The highest BCUT2D eigenvalue weighted by molar-refractivity contribution is 8.93. The fourth-order valence-corrected chi connectivity index (χ4v) is 4.06. The molecule has 1 unspecified atom stereocenters. The van der Waals surface area contributed by atoms with E-state index in [-0.39, 0.29) is 49.7 Å². The lowest BCUT2D eigenvalue weighted by molar-refractivity contribution is 0.279. The van der Waals surface area contributed by atoms with Gasteiger partial charge in [-0.15, -0.1) is 34.0 Å². The summed E-state index contributed by atoms with van der Waals surface area (Å²) in [4.78, 5) is 0. The Hall–Kier alpha value is -0.900. The van der Waals surface area contributed by atoms with Crippen LogP contribution < -0.4 is 11.5 Å². The van der Waals surface area contributed by atoms with Crippen molar-refractivity contribution in [1.82, 2.24) is 0 Å². The minimum atomic E-state index is -0.261. The molecule has 5 nitrogen and oxygen atoms in total. The molecule has 0 bridgehead atoms. The van der Waals surface area contributed by atoms with Gasteiger partial charge in [0.25, 0.3) is 0 Å². The van der Waals surface area contributed by atoms with Gasteiger partial charge in [-0.1, -0.05) is 60.0 Å². The normalized spacial score (nSPS) is 22.6. The fourth-order valence-electron chi connectivity index (χ4n) is 3.02. The van der Waals surface area contributed by atoms with Crippen LogP contribution in [-0.4, -0.2) is 21.8 Å². The molecule has 3 aliphatic rings. The molecule has 6 N–H and O–H groups in total. The van der Waals surface area contributed by atoms with Crippen molar-refractivity contribution >= 4 is 67.8 Å². The molecule has 0 aromatic heterocycles. The van der Waals surface area contributed by atoms with Gasteiger partial charge in [0.05, 0.1) is 11.2 Å². The monoisotopic (exact) mass is 506 g/mol. The standard InChI is InChI=1S/C16H18N4OS2.2BrH/c17-14(18)22-8-10-4-3-7-16-6-2-1-5-11(16)12(21-13(10)16)9-23-15(19)20;;/h1-6H,7-9H2,(H3,17,18)(H3,19,20);2*1H. The van der Waals surface area contributed by atoms with Crippen LogP contribution in [0.1, 0.15) is 6.42 Å². The summed E-state index contributed by atoms with van der Waals surface area (Å²) in [5, 5.41) is 15.0. The molecule has 2 aliphatic carbocycles. The maximum atomic E-state index is 7.41. The summed E-state index contributed by atoms with van der Waals surface area (Å²) in [6.07, 6.45) is 13.4. The first-order valence-corrected chi connectivity index (χ1v) is 9.11. The molecule has 9 heteroatoms. The van der Waals surface area contributed by atoms with Crippen LogP contribution in [0.2, 0.25) is 0 Å². The molecule has 0 aromatic rings. The summed E-state index contributed by atoms with van der Waals surface area (Å²) >= 11 is 2.56. The number of hydrogen-bond acceptors (Lipinski definition) is 5. The summed E-state index contributed by atoms with van der Waals surface area (Å²) in [7, 11) is 0. The first-order valence-electron chi connectivity index (χ1n) is 7.14. The number of amidine groups is 2. The van der Waals surface area contributed by atoms with E-state index in [9.17, 15) is 0 Å². The van der Waals surface area contributed by atoms with E-state index in [0.717, 1.165) is 29.1 Å². The lowest BCUT2D eigenvalue weighted by Gasteiger charge is -2.31. The summed E-state index contributed by atoms with van der Waals surface area (Å²) in [5.41, 5.74) is 12.9. The number of nitrogens with one attached hydrogen (secondary N) is 2. The van der Waals surface area contributed by atoms with E-state index in [1.54, 1.807) is 0 Å². The average Bonchev–Trinajstić information content (AvgIpc) is 2.85. The van der Waals surface area contributed by atoms with E-state index in [2.05, 4.69) is 24.3 Å². The third kappa shape index (κ3) is 4.45. The van der Waals surface area contributed by atoms with E-state index in [4.69, 9.17) is 27.0 Å². The third-order valence-electron chi connectivity index (χ3n) is 3.96. The molecule has 1 spiro atoms. The molecule has 25 heavy (non-hydrogen) atoms. The smallest absolute Gasteiger partial charge is 0.151 e. The predicted octanol–water partition coefficient (Wildman–Crippen LogP) is 4.01. The van der Waals surface area contributed by atoms with E-state index in [1.165, 1.54) is 23.5 Å². The largest absolute Gasteiger partial charge is 0.463 e. The van der Waals surface area contributed by atoms with Crippen LogP contribution in [0.25, 0.3) is 0 Å². The molecule has 0 radical (unpaired) electrons. The maximum absolute atomic E-state index is 7.41. The zero-order valence-corrected chi connectivity index (χ0v) is 18.3. The van der Waals surface area contributed by atoms with Crippen LogP contribution in [0, 0.1) is 16.2 Å². The number of thioether (sulfide) groups is 2. The third-order valence-corrected chi connectivity index (χ3v) is 5.44. The Bertz CT molecular complexity index is 728. The van der Waals surface area contributed by atoms with Crippen molar-refractivity contribution in [1.29, 1.82) is 10.8 Å². The van der Waals surface area contributed by atoms with Gasteiger partial charge in [-0.2, -0.15) is 0 Å². The molecule has 3 rings (SSSR count). The number of nitrogens with two attached hydrogens (primary N) is 2. The Morgan fingerprint density at radius 1 is 1.08 bits per heavy atom. The number of hydrogen-bond donors (Lipinski definition) is 4. The lowest BCUT2D eigenvalue weighted by Crippen LogP contribution is -2.24. The van der Waals surface area contributed by atoms with E-state index >= 15 is 0 Å². The van der Waals surface area contributed by atoms with E-state index < -0.39 is 0 Å². The summed E-state index contributed by atoms with van der Waals surface area (Å²) < 4.78 is 6.21. The van der Waals surface area contributed by atoms with E-state index in [0.29, 0.717) is 11.5 Å². The van der Waals surface area contributed by atoms with Gasteiger partial charge in [0.2, 0.25) is 0 Å². The van der Waals surface area contributed by atoms with Crippen LogP contribution in [-0.2, 0) is 4.74 Å². The second-order valence-electron chi connectivity index (χ2n) is 5.40. The van der Waals surface area contributed by atoms with Crippen molar-refractivity contribution in [2.45, 2.75) is 6.42 Å². The number of ether oxygens (including phenoxy) is 1. The summed E-state index contributed by atoms with van der Waals surface area (Å²) in [6.45, 7) is 0. The quantitative estimate of drug-likeness (QED) is 0.339. The van der Waals surface area contributed by atoms with Crippen LogP contribution in [0.15, 0.2) is 59.1 Å². The Labute approximate surface area is 176 Å². The Morgan fingerprint density at radius 2 is 1.76 bits per heavy atom. The van der Waals surface area contributed by atoms with Gasteiger partial charge in [0.15, 0.2) is 10.3 Å². The first-order chi connectivity index (χ1) is 11.0. The molecule has 0 aromatic carbocycles. The SMILES string of the molecule is Br.Br.N=C(N)SCC1=C2OC(CSC(=N)N)=C3C=CC=CC32CC=C1. The molecule has 1 aliphatic heterocycles. The molecule has 136 valence electrons. The highest BCUT2D eigenvalue weighted by Crippen LogP contribution is 2.54. The molecule has 0 saturated carbocycles. The second-order valence-corrected chi connectivity index (χ2v) is 7.43. The highest BCUT2D eigenvalue weighted by Gasteiger charge is 2.46. The van der Waals surface area contributed by atoms with Crippen molar-refractivity contribution in [2.24, 2.45) is 16.9 Å². The predicted molar refractivity (Wildman–Crippen MR) is 119 cm³/mol. The van der Waals surface area contributed by atoms with Crippen LogP contribution >= 0.6 is 57.5 Å². The zero-order valence-electron chi connectivity index (χ0n) is 13.3. The Balaban J connectivity index is 0.00000156. The highest BCUT2D eigenvalue weighted by atomic mass is 79.9. The van der Waals surface area contributed by atoms with Crippen molar-refractivity contribution in [3.05, 3.63) is 59.1 Å². The van der Waals surface area contributed by atoms with Crippen LogP contribution in [0.5, 0.6) is 0 Å². The van der Waals surface area contributed by atoms with Gasteiger partial charge in [-0.05, 0) is 6.42 Å². The lowest BCUT2D eigenvalue weighted by atomic mass is 9.71. The first kappa shape index (κ1) is 22.1. The zero-order chi connectivity index (χ0) is 16.4. The van der Waals surface area contributed by atoms with Crippen LogP contribution in [0.3, 0.4) is 0 Å².